The zero-order chi connectivity index (χ0) is 11.3. The molecular formula is C10H21N3OS. The fourth-order valence-electron chi connectivity index (χ4n) is 2.12. The maximum Gasteiger partial charge on any atom is 0.140 e. The van der Waals surface area contributed by atoms with Gasteiger partial charge in [0.1, 0.15) is 5.84 Å². The first-order valence-electron chi connectivity index (χ1n) is 5.41. The summed E-state index contributed by atoms with van der Waals surface area (Å²) in [5.41, 5.74) is 5.46. The molecule has 0 amide bonds. The highest BCUT2D eigenvalue weighted by Crippen LogP contribution is 2.28. The van der Waals surface area contributed by atoms with Crippen LogP contribution < -0.4 is 11.1 Å². The molecule has 0 radical (unpaired) electrons. The van der Waals surface area contributed by atoms with E-state index in [1.807, 2.05) is 11.8 Å². The van der Waals surface area contributed by atoms with Crippen molar-refractivity contribution in [1.82, 2.24) is 5.32 Å². The van der Waals surface area contributed by atoms with E-state index >= 15 is 0 Å². The normalized spacial score (nSPS) is 29.3. The lowest BCUT2D eigenvalue weighted by Gasteiger charge is -2.18. The zero-order valence-corrected chi connectivity index (χ0v) is 10.3. The van der Waals surface area contributed by atoms with Gasteiger partial charge in [-0.15, -0.1) is 0 Å². The summed E-state index contributed by atoms with van der Waals surface area (Å²) in [5.74, 6) is 0.300. The number of nitrogens with zero attached hydrogens (tertiary/aromatic N) is 1. The molecule has 0 heterocycles. The van der Waals surface area contributed by atoms with Crippen LogP contribution in [0.5, 0.6) is 0 Å². The Balaban J connectivity index is 2.24. The molecule has 0 aromatic rings. The van der Waals surface area contributed by atoms with Gasteiger partial charge in [0.05, 0.1) is 0 Å². The van der Waals surface area contributed by atoms with Gasteiger partial charge in [-0.3, -0.25) is 0 Å². The van der Waals surface area contributed by atoms with E-state index in [1.165, 1.54) is 19.3 Å². The van der Waals surface area contributed by atoms with Crippen LogP contribution in [-0.2, 0) is 0 Å². The molecule has 1 fully saturated rings. The first-order chi connectivity index (χ1) is 7.15. The van der Waals surface area contributed by atoms with E-state index in [-0.39, 0.29) is 6.04 Å². The fraction of sp³-hybridized carbons (Fsp3) is 0.900. The molecule has 1 saturated carbocycles. The lowest BCUT2D eigenvalue weighted by Crippen LogP contribution is -2.37. The van der Waals surface area contributed by atoms with Crippen LogP contribution in [0.3, 0.4) is 0 Å². The van der Waals surface area contributed by atoms with Crippen LogP contribution >= 0.6 is 11.8 Å². The molecule has 15 heavy (non-hydrogen) atoms. The summed E-state index contributed by atoms with van der Waals surface area (Å²) in [5, 5.41) is 15.8. The van der Waals surface area contributed by atoms with Crippen molar-refractivity contribution in [2.45, 2.75) is 49.9 Å². The molecule has 0 aromatic carbocycles. The van der Waals surface area contributed by atoms with E-state index < -0.39 is 0 Å². The van der Waals surface area contributed by atoms with Crippen molar-refractivity contribution in [3.63, 3.8) is 0 Å². The minimum atomic E-state index is 0.284. The van der Waals surface area contributed by atoms with E-state index in [1.54, 1.807) is 0 Å². The first-order valence-corrected chi connectivity index (χ1v) is 6.69. The van der Waals surface area contributed by atoms with E-state index in [0.29, 0.717) is 18.3 Å². The number of thioether (sulfide) groups is 1. The van der Waals surface area contributed by atoms with E-state index in [2.05, 4.69) is 23.7 Å². The van der Waals surface area contributed by atoms with Crippen molar-refractivity contribution in [3.05, 3.63) is 0 Å². The monoisotopic (exact) mass is 231 g/mol. The second-order valence-electron chi connectivity index (χ2n) is 4.23. The van der Waals surface area contributed by atoms with Gasteiger partial charge in [-0.05, 0) is 32.4 Å². The zero-order valence-electron chi connectivity index (χ0n) is 9.44. The maximum absolute atomic E-state index is 8.46. The summed E-state index contributed by atoms with van der Waals surface area (Å²) < 4.78 is 0. The van der Waals surface area contributed by atoms with Crippen molar-refractivity contribution >= 4 is 17.6 Å². The average molecular weight is 231 g/mol. The van der Waals surface area contributed by atoms with Gasteiger partial charge < -0.3 is 16.3 Å². The van der Waals surface area contributed by atoms with Crippen LogP contribution in [-0.4, -0.2) is 34.6 Å². The summed E-state index contributed by atoms with van der Waals surface area (Å²) in [6.45, 7) is 2.07. The number of oxime groups is 1. The molecule has 0 aromatic heterocycles. The van der Waals surface area contributed by atoms with Crippen LogP contribution in [0.1, 0.15) is 32.6 Å². The van der Waals surface area contributed by atoms with Crippen molar-refractivity contribution < 1.29 is 5.21 Å². The minimum Gasteiger partial charge on any atom is -0.409 e. The molecule has 5 heteroatoms. The van der Waals surface area contributed by atoms with Crippen LogP contribution in [0.25, 0.3) is 0 Å². The molecule has 1 rings (SSSR count). The Morgan fingerprint density at radius 2 is 2.40 bits per heavy atom. The third kappa shape index (κ3) is 4.30. The summed E-state index contributed by atoms with van der Waals surface area (Å²) in [4.78, 5) is 0. The van der Waals surface area contributed by atoms with Gasteiger partial charge >= 0.3 is 0 Å². The Bertz CT molecular complexity index is 223. The fourth-order valence-corrected chi connectivity index (χ4v) is 2.92. The second-order valence-corrected chi connectivity index (χ2v) is 5.37. The largest absolute Gasteiger partial charge is 0.409 e. The summed E-state index contributed by atoms with van der Waals surface area (Å²) >= 11 is 1.95. The molecule has 3 atom stereocenters. The summed E-state index contributed by atoms with van der Waals surface area (Å²) in [6, 6.07) is 0.885. The van der Waals surface area contributed by atoms with E-state index in [9.17, 15) is 0 Å². The smallest absolute Gasteiger partial charge is 0.140 e. The van der Waals surface area contributed by atoms with Crippen molar-refractivity contribution in [2.24, 2.45) is 10.9 Å². The average Bonchev–Trinajstić information content (AvgIpc) is 2.65. The van der Waals surface area contributed by atoms with Gasteiger partial charge in [-0.1, -0.05) is 5.16 Å². The van der Waals surface area contributed by atoms with E-state index in [0.717, 1.165) is 5.25 Å². The van der Waals surface area contributed by atoms with Gasteiger partial charge in [-0.25, -0.2) is 0 Å². The Kier molecular flexibility index (Phi) is 5.25. The Hall–Kier alpha value is -0.420. The summed E-state index contributed by atoms with van der Waals surface area (Å²) in [7, 11) is 0. The van der Waals surface area contributed by atoms with Crippen molar-refractivity contribution in [2.75, 3.05) is 6.26 Å². The molecule has 0 spiro atoms. The lowest BCUT2D eigenvalue weighted by atomic mass is 10.1. The van der Waals surface area contributed by atoms with Crippen molar-refractivity contribution in [1.29, 1.82) is 0 Å². The Morgan fingerprint density at radius 1 is 1.67 bits per heavy atom. The van der Waals surface area contributed by atoms with Crippen LogP contribution in [0.15, 0.2) is 5.16 Å². The van der Waals surface area contributed by atoms with E-state index in [4.69, 9.17) is 10.9 Å². The number of rotatable bonds is 5. The molecular weight excluding hydrogens is 210 g/mol. The predicted molar refractivity (Wildman–Crippen MR) is 65.6 cm³/mol. The highest BCUT2D eigenvalue weighted by Gasteiger charge is 2.24. The highest BCUT2D eigenvalue weighted by atomic mass is 32.2. The SMILES string of the molecule is CSC1CCC(NC(C)CC(N)=NO)C1. The number of hydrogen-bond acceptors (Lipinski definition) is 4. The number of nitrogens with two attached hydrogens (primary N) is 1. The topological polar surface area (TPSA) is 70.6 Å². The molecule has 1 aliphatic carbocycles. The summed E-state index contributed by atoms with van der Waals surface area (Å²) in [6.07, 6.45) is 6.56. The minimum absolute atomic E-state index is 0.284. The Labute approximate surface area is 95.7 Å². The molecule has 4 N–H and O–H groups in total. The molecule has 4 nitrogen and oxygen atoms in total. The van der Waals surface area contributed by atoms with Crippen LogP contribution in [0.4, 0.5) is 0 Å². The highest BCUT2D eigenvalue weighted by molar-refractivity contribution is 7.99. The van der Waals surface area contributed by atoms with Gasteiger partial charge in [-0.2, -0.15) is 11.8 Å². The number of hydrogen-bond donors (Lipinski definition) is 3. The number of amidine groups is 1. The second kappa shape index (κ2) is 6.23. The quantitative estimate of drug-likeness (QED) is 0.289. The van der Waals surface area contributed by atoms with Gasteiger partial charge in [0.15, 0.2) is 0 Å². The third-order valence-corrected chi connectivity index (χ3v) is 3.98. The lowest BCUT2D eigenvalue weighted by molar-refractivity contribution is 0.315. The third-order valence-electron chi connectivity index (χ3n) is 2.88. The van der Waals surface area contributed by atoms with Crippen molar-refractivity contribution in [3.8, 4) is 0 Å². The molecule has 88 valence electrons. The molecule has 0 saturated heterocycles. The number of nitrogens with one attached hydrogen (secondary N) is 1. The molecule has 3 unspecified atom stereocenters. The Morgan fingerprint density at radius 3 is 2.93 bits per heavy atom. The van der Waals surface area contributed by atoms with Crippen LogP contribution in [0.2, 0.25) is 0 Å². The predicted octanol–water partition coefficient (Wildman–Crippen LogP) is 1.39. The standard InChI is InChI=1S/C10H21N3OS/c1-7(5-10(11)13-14)12-8-3-4-9(6-8)15-2/h7-9,12,14H,3-6H2,1-2H3,(H2,11,13). The molecule has 0 bridgehead atoms. The van der Waals surface area contributed by atoms with Crippen LogP contribution in [0, 0.1) is 0 Å². The van der Waals surface area contributed by atoms with Gasteiger partial charge in [0.25, 0.3) is 0 Å². The first kappa shape index (κ1) is 12.6. The maximum atomic E-state index is 8.46. The van der Waals surface area contributed by atoms with Gasteiger partial charge in [0, 0.05) is 23.8 Å². The molecule has 0 aliphatic heterocycles. The van der Waals surface area contributed by atoms with Gasteiger partial charge in [0.2, 0.25) is 0 Å². The molecule has 1 aliphatic rings.